The molecule has 0 saturated carbocycles. The van der Waals surface area contributed by atoms with Crippen molar-refractivity contribution in [2.24, 2.45) is 0 Å². The topological polar surface area (TPSA) is 0 Å². The Bertz CT molecular complexity index is 4230. The third kappa shape index (κ3) is 5.66. The summed E-state index contributed by atoms with van der Waals surface area (Å²) in [4.78, 5) is 0. The minimum atomic E-state index is 1.22. The molecule has 306 valence electrons. The summed E-state index contributed by atoms with van der Waals surface area (Å²) in [5.74, 6) is 0. The van der Waals surface area contributed by atoms with Crippen LogP contribution in [-0.2, 0) is 0 Å². The van der Waals surface area contributed by atoms with Crippen LogP contribution in [0.5, 0.6) is 0 Å². The van der Waals surface area contributed by atoms with E-state index in [-0.39, 0.29) is 0 Å². The average molecular weight is 907 g/mol. The van der Waals surface area contributed by atoms with Crippen molar-refractivity contribution in [2.45, 2.75) is 0 Å². The zero-order chi connectivity index (χ0) is 43.0. The predicted octanol–water partition coefficient (Wildman–Crippen LogP) is 20.1. The maximum atomic E-state index is 2.38. The predicted molar refractivity (Wildman–Crippen MR) is 295 cm³/mol. The first-order chi connectivity index (χ1) is 32.6. The molecule has 0 aliphatic heterocycles. The lowest BCUT2D eigenvalue weighted by atomic mass is 9.93. The molecule has 4 heterocycles. The van der Waals surface area contributed by atoms with Crippen LogP contribution < -0.4 is 0 Å². The zero-order valence-electron chi connectivity index (χ0n) is 35.3. The summed E-state index contributed by atoms with van der Waals surface area (Å²) in [6, 6.07) is 77.6. The molecule has 0 atom stereocenters. The Morgan fingerprint density at radius 2 is 0.439 bits per heavy atom. The summed E-state index contributed by atoms with van der Waals surface area (Å²) in [7, 11) is 0. The van der Waals surface area contributed by atoms with Gasteiger partial charge < -0.3 is 0 Å². The van der Waals surface area contributed by atoms with Crippen LogP contribution in [0.1, 0.15) is 0 Å². The van der Waals surface area contributed by atoms with Gasteiger partial charge in [-0.2, -0.15) is 0 Å². The fourth-order valence-corrected chi connectivity index (χ4v) is 15.9. The van der Waals surface area contributed by atoms with Crippen molar-refractivity contribution in [2.75, 3.05) is 0 Å². The van der Waals surface area contributed by atoms with Gasteiger partial charge in [0.15, 0.2) is 0 Å². The van der Waals surface area contributed by atoms with E-state index in [2.05, 4.69) is 206 Å². The van der Waals surface area contributed by atoms with E-state index in [1.807, 2.05) is 45.3 Å². The van der Waals surface area contributed by atoms with Crippen LogP contribution in [0.25, 0.3) is 147 Å². The summed E-state index contributed by atoms with van der Waals surface area (Å²) in [5.41, 5.74) is 9.96. The van der Waals surface area contributed by atoms with Gasteiger partial charge in [0, 0.05) is 40.3 Å². The number of rotatable bonds is 4. The molecule has 0 radical (unpaired) electrons. The lowest BCUT2D eigenvalue weighted by molar-refractivity contribution is 1.62. The quantitative estimate of drug-likeness (QED) is 0.154. The third-order valence-electron chi connectivity index (χ3n) is 13.9. The smallest absolute Gasteiger partial charge is 0.0542 e. The van der Waals surface area contributed by atoms with E-state index < -0.39 is 0 Å². The van der Waals surface area contributed by atoms with Crippen LogP contribution in [0.3, 0.4) is 0 Å². The Labute approximate surface area is 395 Å². The molecule has 66 heavy (non-hydrogen) atoms. The monoisotopic (exact) mass is 906 g/mol. The molecular weight excluding hydrogens is 873 g/mol. The highest BCUT2D eigenvalue weighted by atomic mass is 32.1. The van der Waals surface area contributed by atoms with Gasteiger partial charge in [0.05, 0.1) is 18.8 Å². The lowest BCUT2D eigenvalue weighted by Gasteiger charge is -2.11. The Balaban J connectivity index is 0.692. The second-order valence-corrected chi connectivity index (χ2v) is 21.8. The largest absolute Gasteiger partial charge is 0.134 e. The number of fused-ring (bicyclic) bond motifs is 16. The van der Waals surface area contributed by atoms with Crippen molar-refractivity contribution in [3.63, 3.8) is 0 Å². The van der Waals surface area contributed by atoms with Crippen molar-refractivity contribution >= 4 is 148 Å². The molecule has 0 fully saturated rings. The van der Waals surface area contributed by atoms with Gasteiger partial charge in [0.25, 0.3) is 0 Å². The minimum absolute atomic E-state index is 1.22. The Kier molecular flexibility index (Phi) is 7.96. The van der Waals surface area contributed by atoms with Crippen molar-refractivity contribution < 1.29 is 0 Å². The summed E-state index contributed by atoms with van der Waals surface area (Å²) >= 11 is 7.67. The molecule has 4 heteroatoms. The molecule has 0 spiro atoms. The molecule has 0 unspecified atom stereocenters. The highest BCUT2D eigenvalue weighted by molar-refractivity contribution is 7.37. The molecule has 15 aromatic rings. The summed E-state index contributed by atoms with van der Waals surface area (Å²) in [5, 5.41) is 15.7. The van der Waals surface area contributed by atoms with Crippen LogP contribution in [0.4, 0.5) is 0 Å². The molecule has 0 aliphatic rings. The minimum Gasteiger partial charge on any atom is -0.134 e. The third-order valence-corrected chi connectivity index (χ3v) is 18.9. The van der Waals surface area contributed by atoms with E-state index in [0.717, 1.165) is 0 Å². The van der Waals surface area contributed by atoms with Crippen molar-refractivity contribution in [3.05, 3.63) is 206 Å². The van der Waals surface area contributed by atoms with Crippen LogP contribution in [0, 0.1) is 0 Å². The molecule has 0 aliphatic carbocycles. The zero-order valence-corrected chi connectivity index (χ0v) is 38.5. The number of thiophene rings is 4. The fraction of sp³-hybridized carbons (Fsp3) is 0. The molecule has 0 bridgehead atoms. The summed E-state index contributed by atoms with van der Waals surface area (Å²) in [6.45, 7) is 0. The normalized spacial score (nSPS) is 12.2. The van der Waals surface area contributed by atoms with Gasteiger partial charge in [-0.05, 0) is 136 Å². The van der Waals surface area contributed by atoms with E-state index in [1.54, 1.807) is 0 Å². The molecule has 4 aromatic heterocycles. The Hall–Kier alpha value is -7.18. The first-order valence-corrected chi connectivity index (χ1v) is 25.6. The van der Waals surface area contributed by atoms with E-state index in [0.29, 0.717) is 0 Å². The van der Waals surface area contributed by atoms with E-state index in [1.165, 1.54) is 147 Å². The first kappa shape index (κ1) is 37.1. The fourth-order valence-electron chi connectivity index (χ4n) is 10.5. The first-order valence-electron chi connectivity index (χ1n) is 22.4. The van der Waals surface area contributed by atoms with Crippen LogP contribution >= 0.6 is 45.3 Å². The number of benzene rings is 11. The molecule has 0 saturated heterocycles. The summed E-state index contributed by atoms with van der Waals surface area (Å²) < 4.78 is 11.1. The second kappa shape index (κ2) is 14.2. The molecule has 0 N–H and O–H groups in total. The van der Waals surface area contributed by atoms with Crippen LogP contribution in [-0.4, -0.2) is 0 Å². The standard InChI is InChI=1S/C62H34S4/c1-3-7-55-51(5-1)59-61(63-55)53-27-21-41(33-57(53)65-59)39-19-25-49-45(31-39)15-13-43-29-37(17-23-47(43)49)35-9-11-36(12-10-35)38-18-24-48-44(30-38)14-16-46-32-40(20-26-50(46)48)42-22-28-54-58(34-42)66-60-52-6-2-4-8-56(52)64-62(54)60/h1-34H. The van der Waals surface area contributed by atoms with Gasteiger partial charge in [-0.3, -0.25) is 0 Å². The highest BCUT2D eigenvalue weighted by Crippen LogP contribution is 2.47. The number of hydrogen-bond donors (Lipinski definition) is 0. The van der Waals surface area contributed by atoms with Gasteiger partial charge in [0.1, 0.15) is 0 Å². The van der Waals surface area contributed by atoms with Crippen molar-refractivity contribution in [1.29, 1.82) is 0 Å². The maximum Gasteiger partial charge on any atom is 0.0542 e. The molecule has 15 rings (SSSR count). The van der Waals surface area contributed by atoms with E-state index in [4.69, 9.17) is 0 Å². The molecular formula is C62H34S4. The Morgan fingerprint density at radius 3 is 0.803 bits per heavy atom. The second-order valence-electron chi connectivity index (χ2n) is 17.6. The van der Waals surface area contributed by atoms with E-state index >= 15 is 0 Å². The van der Waals surface area contributed by atoms with E-state index in [9.17, 15) is 0 Å². The molecule has 0 amide bonds. The maximum absolute atomic E-state index is 2.38. The summed E-state index contributed by atoms with van der Waals surface area (Å²) in [6.07, 6.45) is 0. The van der Waals surface area contributed by atoms with Crippen molar-refractivity contribution in [3.8, 4) is 44.5 Å². The molecule has 11 aromatic carbocycles. The van der Waals surface area contributed by atoms with Crippen LogP contribution in [0.15, 0.2) is 206 Å². The molecule has 0 nitrogen and oxygen atoms in total. The van der Waals surface area contributed by atoms with Crippen LogP contribution in [0.2, 0.25) is 0 Å². The van der Waals surface area contributed by atoms with Gasteiger partial charge >= 0.3 is 0 Å². The van der Waals surface area contributed by atoms with Crippen molar-refractivity contribution in [1.82, 2.24) is 0 Å². The van der Waals surface area contributed by atoms with Gasteiger partial charge in [-0.15, -0.1) is 45.3 Å². The Morgan fingerprint density at radius 1 is 0.182 bits per heavy atom. The van der Waals surface area contributed by atoms with Gasteiger partial charge in [0.2, 0.25) is 0 Å². The SMILES string of the molecule is c1ccc2c(c1)sc1c3ccc(-c4ccc5c(ccc6cc(-c7ccc(-c8ccc9c(ccc%10cc(-c%11ccc%12c(c%11)sc%11c%13ccccc%13sc%12%11)ccc%109)c8)cc7)ccc65)c4)cc3sc21. The number of hydrogen-bond acceptors (Lipinski definition) is 4. The average Bonchev–Trinajstić information content (AvgIpc) is 4.13. The highest BCUT2D eigenvalue weighted by Gasteiger charge is 2.16. The van der Waals surface area contributed by atoms with Gasteiger partial charge in [-0.25, -0.2) is 0 Å². The lowest BCUT2D eigenvalue weighted by Crippen LogP contribution is -1.85. The van der Waals surface area contributed by atoms with Gasteiger partial charge in [-0.1, -0.05) is 158 Å².